The number of nitrogens with one attached hydrogen (secondary N) is 2. The number of hydrogen-bond acceptors (Lipinski definition) is 6. The molecule has 2 aliphatic heterocycles. The SMILES string of the molecule is NCCCN1CC[N+](CCCN)(CCCCNN2CCNCC2)CC1. The summed E-state index contributed by atoms with van der Waals surface area (Å²) in [6, 6.07) is 0. The van der Waals surface area contributed by atoms with Gasteiger partial charge in [0.25, 0.3) is 0 Å². The van der Waals surface area contributed by atoms with Crippen LogP contribution in [0, 0.1) is 0 Å². The van der Waals surface area contributed by atoms with Gasteiger partial charge in [-0.05, 0) is 38.9 Å². The minimum Gasteiger partial charge on any atom is -0.330 e. The first-order valence-corrected chi connectivity index (χ1v) is 10.4. The Morgan fingerprint density at radius 2 is 1.52 bits per heavy atom. The Morgan fingerprint density at radius 1 is 0.840 bits per heavy atom. The zero-order chi connectivity index (χ0) is 17.8. The van der Waals surface area contributed by atoms with Gasteiger partial charge in [-0.15, -0.1) is 0 Å². The van der Waals surface area contributed by atoms with Gasteiger partial charge in [0.15, 0.2) is 0 Å². The minimum absolute atomic E-state index is 0.809. The maximum atomic E-state index is 5.80. The molecule has 2 aliphatic rings. The van der Waals surface area contributed by atoms with Crippen LogP contribution in [0.1, 0.15) is 25.7 Å². The van der Waals surface area contributed by atoms with Crippen LogP contribution in [0.25, 0.3) is 0 Å². The van der Waals surface area contributed by atoms with Crippen molar-refractivity contribution >= 4 is 0 Å². The van der Waals surface area contributed by atoms with Gasteiger partial charge < -0.3 is 21.3 Å². The number of nitrogens with zero attached hydrogens (tertiary/aromatic N) is 3. The first kappa shape index (κ1) is 21.0. The van der Waals surface area contributed by atoms with Crippen molar-refractivity contribution in [2.24, 2.45) is 11.5 Å². The molecule has 148 valence electrons. The van der Waals surface area contributed by atoms with E-state index >= 15 is 0 Å². The molecule has 2 rings (SSSR count). The maximum absolute atomic E-state index is 5.80. The highest BCUT2D eigenvalue weighted by Gasteiger charge is 2.31. The van der Waals surface area contributed by atoms with Crippen LogP contribution in [0.15, 0.2) is 0 Å². The third-order valence-corrected chi connectivity index (χ3v) is 5.81. The van der Waals surface area contributed by atoms with Crippen molar-refractivity contribution < 1.29 is 4.48 Å². The van der Waals surface area contributed by atoms with Gasteiger partial charge in [-0.25, -0.2) is 5.01 Å². The second kappa shape index (κ2) is 12.2. The molecule has 0 aromatic heterocycles. The van der Waals surface area contributed by atoms with Gasteiger partial charge in [0.05, 0.1) is 26.2 Å². The minimum atomic E-state index is 0.809. The molecule has 0 atom stereocenters. The van der Waals surface area contributed by atoms with E-state index in [-0.39, 0.29) is 0 Å². The number of nitrogens with two attached hydrogens (primary N) is 2. The van der Waals surface area contributed by atoms with Crippen LogP contribution in [0.5, 0.6) is 0 Å². The normalized spacial score (nSPS) is 22.3. The Labute approximate surface area is 154 Å². The molecule has 7 nitrogen and oxygen atoms in total. The summed E-state index contributed by atoms with van der Waals surface area (Å²) in [6.07, 6.45) is 4.86. The van der Waals surface area contributed by atoms with E-state index in [1.807, 2.05) is 0 Å². The topological polar surface area (TPSA) is 82.6 Å². The van der Waals surface area contributed by atoms with E-state index in [1.165, 1.54) is 63.1 Å². The van der Waals surface area contributed by atoms with Gasteiger partial charge in [-0.2, -0.15) is 0 Å². The van der Waals surface area contributed by atoms with Crippen molar-refractivity contribution in [3.63, 3.8) is 0 Å². The first-order chi connectivity index (χ1) is 12.3. The molecule has 2 heterocycles. The smallest absolute Gasteiger partial charge is 0.0916 e. The van der Waals surface area contributed by atoms with Crippen molar-refractivity contribution in [1.82, 2.24) is 20.7 Å². The van der Waals surface area contributed by atoms with E-state index in [2.05, 4.69) is 20.7 Å². The number of rotatable bonds is 12. The monoisotopic (exact) mass is 356 g/mol. The van der Waals surface area contributed by atoms with Gasteiger partial charge in [0, 0.05) is 52.2 Å². The first-order valence-electron chi connectivity index (χ1n) is 10.4. The highest BCUT2D eigenvalue weighted by Crippen LogP contribution is 2.16. The molecule has 25 heavy (non-hydrogen) atoms. The van der Waals surface area contributed by atoms with Gasteiger partial charge in [-0.1, -0.05) is 0 Å². The fourth-order valence-corrected chi connectivity index (χ4v) is 4.09. The number of hydrazine groups is 1. The molecule has 0 unspecified atom stereocenters. The summed E-state index contributed by atoms with van der Waals surface area (Å²) in [5.74, 6) is 0. The molecule has 0 aliphatic carbocycles. The van der Waals surface area contributed by atoms with E-state index in [1.54, 1.807) is 0 Å². The van der Waals surface area contributed by atoms with Crippen molar-refractivity contribution in [2.45, 2.75) is 25.7 Å². The lowest BCUT2D eigenvalue weighted by Gasteiger charge is -2.45. The number of unbranched alkanes of at least 4 members (excludes halogenated alkanes) is 1. The number of hydrogen-bond donors (Lipinski definition) is 4. The molecule has 0 spiro atoms. The molecular formula is C18H42N7+. The van der Waals surface area contributed by atoms with E-state index in [9.17, 15) is 0 Å². The summed E-state index contributed by atoms with van der Waals surface area (Å²) < 4.78 is 1.28. The molecule has 0 bridgehead atoms. The van der Waals surface area contributed by atoms with Gasteiger partial charge in [0.1, 0.15) is 0 Å². The van der Waals surface area contributed by atoms with Gasteiger partial charge >= 0.3 is 0 Å². The molecule has 0 saturated carbocycles. The lowest BCUT2D eigenvalue weighted by molar-refractivity contribution is -0.932. The van der Waals surface area contributed by atoms with E-state index in [0.717, 1.165) is 58.7 Å². The van der Waals surface area contributed by atoms with Crippen molar-refractivity contribution in [2.75, 3.05) is 91.6 Å². The Kier molecular flexibility index (Phi) is 10.2. The quantitative estimate of drug-likeness (QED) is 0.265. The molecule has 0 aromatic carbocycles. The van der Waals surface area contributed by atoms with E-state index in [4.69, 9.17) is 11.5 Å². The van der Waals surface area contributed by atoms with Crippen LogP contribution in [0.3, 0.4) is 0 Å². The van der Waals surface area contributed by atoms with Crippen LogP contribution in [0.2, 0.25) is 0 Å². The van der Waals surface area contributed by atoms with Gasteiger partial charge in [-0.3, -0.25) is 10.3 Å². The van der Waals surface area contributed by atoms with Crippen LogP contribution in [-0.2, 0) is 0 Å². The van der Waals surface area contributed by atoms with Crippen LogP contribution >= 0.6 is 0 Å². The molecule has 7 heteroatoms. The number of piperazine rings is 2. The van der Waals surface area contributed by atoms with Crippen molar-refractivity contribution in [3.05, 3.63) is 0 Å². The van der Waals surface area contributed by atoms with Crippen molar-refractivity contribution in [1.29, 1.82) is 0 Å². The molecular weight excluding hydrogens is 314 g/mol. The van der Waals surface area contributed by atoms with Crippen molar-refractivity contribution in [3.8, 4) is 0 Å². The van der Waals surface area contributed by atoms with Gasteiger partial charge in [0.2, 0.25) is 0 Å². The van der Waals surface area contributed by atoms with Crippen LogP contribution in [-0.4, -0.2) is 106 Å². The summed E-state index contributed by atoms with van der Waals surface area (Å²) in [4.78, 5) is 2.59. The van der Waals surface area contributed by atoms with Crippen LogP contribution < -0.4 is 22.2 Å². The average Bonchev–Trinajstić information content (AvgIpc) is 2.66. The fraction of sp³-hybridized carbons (Fsp3) is 1.00. The highest BCUT2D eigenvalue weighted by atomic mass is 15.5. The molecule has 0 aromatic rings. The molecule has 2 saturated heterocycles. The third-order valence-electron chi connectivity index (χ3n) is 5.81. The lowest BCUT2D eigenvalue weighted by Crippen LogP contribution is -2.60. The lowest BCUT2D eigenvalue weighted by atomic mass is 10.1. The Balaban J connectivity index is 1.65. The summed E-state index contributed by atoms with van der Waals surface area (Å²) in [7, 11) is 0. The fourth-order valence-electron chi connectivity index (χ4n) is 4.09. The Hall–Kier alpha value is -0.280. The summed E-state index contributed by atoms with van der Waals surface area (Å²) in [6.45, 7) is 16.0. The predicted molar refractivity (Wildman–Crippen MR) is 105 cm³/mol. The van der Waals surface area contributed by atoms with E-state index in [0.29, 0.717) is 0 Å². The second-order valence-electron chi connectivity index (χ2n) is 7.71. The Morgan fingerprint density at radius 3 is 2.20 bits per heavy atom. The number of quaternary nitrogens is 1. The maximum Gasteiger partial charge on any atom is 0.0916 e. The average molecular weight is 357 g/mol. The molecule has 2 fully saturated rings. The second-order valence-corrected chi connectivity index (χ2v) is 7.71. The zero-order valence-corrected chi connectivity index (χ0v) is 16.2. The molecule has 6 N–H and O–H groups in total. The standard InChI is InChI=1S/C18H42N7/c19-5-3-10-23-13-17-25(18-14-23,16-4-6-20)15-2-1-7-22-24-11-8-21-9-12-24/h21-22H,1-20H2/q+1. The molecule has 0 amide bonds. The predicted octanol–water partition coefficient (Wildman–Crippen LogP) is -0.994. The summed E-state index contributed by atoms with van der Waals surface area (Å²) in [5.41, 5.74) is 15.0. The van der Waals surface area contributed by atoms with Crippen LogP contribution in [0.4, 0.5) is 0 Å². The summed E-state index contributed by atoms with van der Waals surface area (Å²) >= 11 is 0. The zero-order valence-electron chi connectivity index (χ0n) is 16.2. The third kappa shape index (κ3) is 7.86. The Bertz CT molecular complexity index is 325. The molecule has 0 radical (unpaired) electrons. The largest absolute Gasteiger partial charge is 0.330 e. The highest BCUT2D eigenvalue weighted by molar-refractivity contribution is 4.66. The van der Waals surface area contributed by atoms with E-state index < -0.39 is 0 Å². The summed E-state index contributed by atoms with van der Waals surface area (Å²) in [5, 5.41) is 5.76.